The van der Waals surface area contributed by atoms with Crippen molar-refractivity contribution in [2.45, 2.75) is 32.9 Å². The van der Waals surface area contributed by atoms with Gasteiger partial charge in [-0.25, -0.2) is 4.79 Å². The van der Waals surface area contributed by atoms with Gasteiger partial charge in [0.15, 0.2) is 6.04 Å². The minimum atomic E-state index is -0.808. The third-order valence-corrected chi connectivity index (χ3v) is 2.24. The van der Waals surface area contributed by atoms with Crippen molar-refractivity contribution in [1.82, 2.24) is 5.32 Å². The molecule has 0 aliphatic heterocycles. The van der Waals surface area contributed by atoms with Crippen molar-refractivity contribution in [3.63, 3.8) is 0 Å². The first kappa shape index (κ1) is 15.9. The highest BCUT2D eigenvalue weighted by molar-refractivity contribution is 5.87. The fourth-order valence-electron chi connectivity index (χ4n) is 1.15. The van der Waals surface area contributed by atoms with E-state index in [0.29, 0.717) is 0 Å². The highest BCUT2D eigenvalue weighted by Gasteiger charge is 2.25. The van der Waals surface area contributed by atoms with E-state index in [4.69, 9.17) is 15.2 Å². The molecule has 0 rings (SSSR count). The van der Waals surface area contributed by atoms with Crippen molar-refractivity contribution in [2.24, 2.45) is 11.7 Å². The summed E-state index contributed by atoms with van der Waals surface area (Å²) in [6.07, 6.45) is 0. The van der Waals surface area contributed by atoms with Crippen molar-refractivity contribution >= 4 is 11.9 Å². The van der Waals surface area contributed by atoms with E-state index in [-0.39, 0.29) is 25.0 Å². The standard InChI is InChI=1S/C11H22N2O4/c1-5-17-11(15)8(6-16-4)13-10(14)9(12)7(2)3/h7-9H,5-6,12H2,1-4H3,(H,13,14). The molecule has 0 aromatic carbocycles. The molecule has 0 radical (unpaired) electrons. The van der Waals surface area contributed by atoms with E-state index in [0.717, 1.165) is 0 Å². The molecule has 0 aromatic heterocycles. The zero-order valence-corrected chi connectivity index (χ0v) is 10.9. The second kappa shape index (κ2) is 8.03. The molecule has 3 N–H and O–H groups in total. The zero-order chi connectivity index (χ0) is 13.4. The maximum absolute atomic E-state index is 11.7. The van der Waals surface area contributed by atoms with E-state index in [9.17, 15) is 9.59 Å². The molecule has 0 aromatic rings. The van der Waals surface area contributed by atoms with Gasteiger partial charge in [0.05, 0.1) is 19.3 Å². The third-order valence-electron chi connectivity index (χ3n) is 2.24. The molecule has 100 valence electrons. The number of amides is 1. The van der Waals surface area contributed by atoms with Gasteiger partial charge in [0.2, 0.25) is 5.91 Å². The summed E-state index contributed by atoms with van der Waals surface area (Å²) in [5.74, 6) is -0.894. The number of hydrogen-bond donors (Lipinski definition) is 2. The molecule has 0 fully saturated rings. The molecular weight excluding hydrogens is 224 g/mol. The Labute approximate surface area is 102 Å². The molecule has 6 nitrogen and oxygen atoms in total. The minimum absolute atomic E-state index is 0.000362. The lowest BCUT2D eigenvalue weighted by Crippen LogP contribution is -2.52. The van der Waals surface area contributed by atoms with E-state index in [2.05, 4.69) is 5.32 Å². The third kappa shape index (κ3) is 5.65. The Morgan fingerprint density at radius 3 is 2.35 bits per heavy atom. The number of esters is 1. The fraction of sp³-hybridized carbons (Fsp3) is 0.818. The Morgan fingerprint density at radius 2 is 1.94 bits per heavy atom. The SMILES string of the molecule is CCOC(=O)C(COC)NC(=O)C(N)C(C)C. The highest BCUT2D eigenvalue weighted by Crippen LogP contribution is 1.99. The number of hydrogen-bond acceptors (Lipinski definition) is 5. The molecule has 0 saturated carbocycles. The van der Waals surface area contributed by atoms with Gasteiger partial charge in [-0.05, 0) is 12.8 Å². The predicted molar refractivity (Wildman–Crippen MR) is 63.3 cm³/mol. The van der Waals surface area contributed by atoms with Crippen LogP contribution in [0.4, 0.5) is 0 Å². The van der Waals surface area contributed by atoms with E-state index in [1.54, 1.807) is 6.92 Å². The zero-order valence-electron chi connectivity index (χ0n) is 10.9. The van der Waals surface area contributed by atoms with Gasteiger partial charge in [-0.15, -0.1) is 0 Å². The molecule has 0 bridgehead atoms. The van der Waals surface area contributed by atoms with Gasteiger partial charge in [-0.2, -0.15) is 0 Å². The van der Waals surface area contributed by atoms with E-state index < -0.39 is 18.1 Å². The van der Waals surface area contributed by atoms with Gasteiger partial charge >= 0.3 is 5.97 Å². The lowest BCUT2D eigenvalue weighted by Gasteiger charge is -2.20. The molecule has 0 aliphatic carbocycles. The second-order valence-electron chi connectivity index (χ2n) is 4.04. The molecule has 17 heavy (non-hydrogen) atoms. The number of carbonyl (C=O) groups is 2. The summed E-state index contributed by atoms with van der Waals surface area (Å²) < 4.78 is 9.68. The number of rotatable bonds is 7. The largest absolute Gasteiger partial charge is 0.464 e. The summed E-state index contributed by atoms with van der Waals surface area (Å²) in [6, 6.07) is -1.46. The minimum Gasteiger partial charge on any atom is -0.464 e. The van der Waals surface area contributed by atoms with E-state index >= 15 is 0 Å². The van der Waals surface area contributed by atoms with Crippen molar-refractivity contribution in [2.75, 3.05) is 20.3 Å². The molecule has 2 unspecified atom stereocenters. The first-order valence-electron chi connectivity index (χ1n) is 5.65. The average molecular weight is 246 g/mol. The molecule has 0 aliphatic rings. The van der Waals surface area contributed by atoms with Crippen LogP contribution in [0.3, 0.4) is 0 Å². The normalized spacial score (nSPS) is 14.2. The summed E-state index contributed by atoms with van der Waals surface area (Å²) in [5, 5.41) is 2.52. The Kier molecular flexibility index (Phi) is 7.49. The molecule has 0 heterocycles. The van der Waals surface area contributed by atoms with Gasteiger partial charge in [0.1, 0.15) is 0 Å². The van der Waals surface area contributed by atoms with Gasteiger partial charge in [0.25, 0.3) is 0 Å². The molecule has 1 amide bonds. The second-order valence-corrected chi connectivity index (χ2v) is 4.04. The smallest absolute Gasteiger partial charge is 0.331 e. The van der Waals surface area contributed by atoms with Gasteiger partial charge in [-0.3, -0.25) is 4.79 Å². The Balaban J connectivity index is 4.43. The van der Waals surface area contributed by atoms with E-state index in [1.165, 1.54) is 7.11 Å². The fourth-order valence-corrected chi connectivity index (χ4v) is 1.15. The molecule has 0 saturated heterocycles. The average Bonchev–Trinajstić information content (AvgIpc) is 2.27. The van der Waals surface area contributed by atoms with Crippen molar-refractivity contribution in [1.29, 1.82) is 0 Å². The Bertz CT molecular complexity index is 256. The van der Waals surface area contributed by atoms with Crippen LogP contribution in [0.15, 0.2) is 0 Å². The van der Waals surface area contributed by atoms with Crippen LogP contribution >= 0.6 is 0 Å². The number of ether oxygens (including phenoxy) is 2. The van der Waals surface area contributed by atoms with Crippen LogP contribution in [0.2, 0.25) is 0 Å². The van der Waals surface area contributed by atoms with Crippen LogP contribution in [-0.2, 0) is 19.1 Å². The van der Waals surface area contributed by atoms with Gasteiger partial charge < -0.3 is 20.5 Å². The Morgan fingerprint density at radius 1 is 1.35 bits per heavy atom. The lowest BCUT2D eigenvalue weighted by molar-refractivity contribution is -0.149. The van der Waals surface area contributed by atoms with Crippen molar-refractivity contribution in [3.05, 3.63) is 0 Å². The number of methoxy groups -OCH3 is 1. The number of nitrogens with two attached hydrogens (primary N) is 1. The van der Waals surface area contributed by atoms with Crippen LogP contribution in [0.5, 0.6) is 0 Å². The maximum atomic E-state index is 11.7. The first-order chi connectivity index (χ1) is 7.93. The monoisotopic (exact) mass is 246 g/mol. The predicted octanol–water partition coefficient (Wildman–Crippen LogP) is -0.336. The van der Waals surface area contributed by atoms with Gasteiger partial charge in [-0.1, -0.05) is 13.8 Å². The number of nitrogens with one attached hydrogen (secondary N) is 1. The van der Waals surface area contributed by atoms with E-state index in [1.807, 2.05) is 13.8 Å². The summed E-state index contributed by atoms with van der Waals surface area (Å²) in [4.78, 5) is 23.2. The topological polar surface area (TPSA) is 90.6 Å². The number of carbonyl (C=O) groups excluding carboxylic acids is 2. The maximum Gasteiger partial charge on any atom is 0.331 e. The van der Waals surface area contributed by atoms with Crippen molar-refractivity contribution in [3.8, 4) is 0 Å². The quantitative estimate of drug-likeness (QED) is 0.600. The van der Waals surface area contributed by atoms with Crippen LogP contribution in [0, 0.1) is 5.92 Å². The lowest BCUT2D eigenvalue weighted by atomic mass is 10.0. The molecular formula is C11H22N2O4. The van der Waals surface area contributed by atoms with Crippen molar-refractivity contribution < 1.29 is 19.1 Å². The summed E-state index contributed by atoms with van der Waals surface area (Å²) in [5.41, 5.74) is 5.67. The van der Waals surface area contributed by atoms with Crippen LogP contribution in [0.1, 0.15) is 20.8 Å². The molecule has 2 atom stereocenters. The van der Waals surface area contributed by atoms with Gasteiger partial charge in [0, 0.05) is 7.11 Å². The summed E-state index contributed by atoms with van der Waals surface area (Å²) in [6.45, 7) is 5.68. The van der Waals surface area contributed by atoms with Crippen LogP contribution < -0.4 is 11.1 Å². The summed E-state index contributed by atoms with van der Waals surface area (Å²) >= 11 is 0. The first-order valence-corrected chi connectivity index (χ1v) is 5.65. The Hall–Kier alpha value is -1.14. The molecule has 0 spiro atoms. The van der Waals surface area contributed by atoms with Crippen LogP contribution in [-0.4, -0.2) is 44.3 Å². The summed E-state index contributed by atoms with van der Waals surface area (Å²) in [7, 11) is 1.45. The molecule has 6 heteroatoms. The highest BCUT2D eigenvalue weighted by atomic mass is 16.5. The van der Waals surface area contributed by atoms with Crippen LogP contribution in [0.25, 0.3) is 0 Å².